The van der Waals surface area contributed by atoms with Crippen LogP contribution in [0.25, 0.3) is 0 Å². The Kier molecular flexibility index (Phi) is 1.04. The van der Waals surface area contributed by atoms with Gasteiger partial charge in [0.1, 0.15) is 0 Å². The first-order chi connectivity index (χ1) is 3.34. The molecule has 0 aromatic carbocycles. The number of hydrogen-bond donors (Lipinski definition) is 0. The lowest BCUT2D eigenvalue weighted by Gasteiger charge is -1.91. The number of hydrogen-bond acceptors (Lipinski definition) is 1. The number of ether oxygens (including phenoxy) is 1. The molecule has 7 heavy (non-hydrogen) atoms. The summed E-state index contributed by atoms with van der Waals surface area (Å²) >= 11 is 0. The lowest BCUT2D eigenvalue weighted by Crippen LogP contribution is -1.97. The van der Waals surface area contributed by atoms with Crippen molar-refractivity contribution in [3.8, 4) is 12.3 Å². The molecule has 1 heteroatoms. The van der Waals surface area contributed by atoms with Gasteiger partial charge in [-0.25, -0.2) is 0 Å². The van der Waals surface area contributed by atoms with Crippen molar-refractivity contribution in [2.24, 2.45) is 5.92 Å². The van der Waals surface area contributed by atoms with Crippen LogP contribution >= 0.6 is 0 Å². The average Bonchev–Trinajstić information content (AvgIpc) is 2.44. The molecule has 1 nitrogen and oxygen atoms in total. The molecule has 1 aliphatic heterocycles. The molecule has 0 aromatic heterocycles. The third-order valence-electron chi connectivity index (χ3n) is 1.18. The fourth-order valence-corrected chi connectivity index (χ4v) is 0.452. The summed E-state index contributed by atoms with van der Waals surface area (Å²) < 4.78 is 4.92. The van der Waals surface area contributed by atoms with E-state index in [9.17, 15) is 0 Å². The second-order valence-electron chi connectivity index (χ2n) is 1.83. The van der Waals surface area contributed by atoms with Gasteiger partial charge in [-0.3, -0.25) is 0 Å². The second-order valence-corrected chi connectivity index (χ2v) is 1.83. The van der Waals surface area contributed by atoms with Gasteiger partial charge in [0.25, 0.3) is 0 Å². The monoisotopic (exact) mass is 96.1 g/mol. The molecule has 2 atom stereocenters. The molecule has 0 amide bonds. The quantitative estimate of drug-likeness (QED) is 0.345. The predicted molar refractivity (Wildman–Crippen MR) is 27.7 cm³/mol. The van der Waals surface area contributed by atoms with Crippen molar-refractivity contribution >= 4 is 0 Å². The van der Waals surface area contributed by atoms with Gasteiger partial charge in [0.15, 0.2) is 0 Å². The highest BCUT2D eigenvalue weighted by atomic mass is 16.6. The van der Waals surface area contributed by atoms with Crippen LogP contribution in [0.1, 0.15) is 6.92 Å². The second kappa shape index (κ2) is 1.55. The van der Waals surface area contributed by atoms with Gasteiger partial charge < -0.3 is 4.74 Å². The van der Waals surface area contributed by atoms with Crippen molar-refractivity contribution in [3.63, 3.8) is 0 Å². The fraction of sp³-hybridized carbons (Fsp3) is 0.667. The molecule has 0 bridgehead atoms. The van der Waals surface area contributed by atoms with Gasteiger partial charge in [-0.1, -0.05) is 0 Å². The molecule has 0 N–H and O–H groups in total. The molecule has 0 aromatic rings. The number of rotatable bonds is 1. The van der Waals surface area contributed by atoms with Crippen LogP contribution < -0.4 is 0 Å². The first-order valence-corrected chi connectivity index (χ1v) is 2.42. The molecule has 1 saturated heterocycles. The zero-order chi connectivity index (χ0) is 5.28. The van der Waals surface area contributed by atoms with Gasteiger partial charge in [-0.2, -0.15) is 0 Å². The topological polar surface area (TPSA) is 12.5 Å². The van der Waals surface area contributed by atoms with Crippen LogP contribution in [0.3, 0.4) is 0 Å². The van der Waals surface area contributed by atoms with Crippen molar-refractivity contribution < 1.29 is 4.74 Å². The summed E-state index contributed by atoms with van der Waals surface area (Å²) in [5.41, 5.74) is 0. The van der Waals surface area contributed by atoms with Gasteiger partial charge in [0.05, 0.1) is 12.7 Å². The van der Waals surface area contributed by atoms with Gasteiger partial charge in [0, 0.05) is 5.92 Å². The molecular formula is C6H8O. The number of epoxide rings is 1. The minimum absolute atomic E-state index is 0.319. The van der Waals surface area contributed by atoms with E-state index in [0.717, 1.165) is 6.61 Å². The van der Waals surface area contributed by atoms with Crippen molar-refractivity contribution in [1.82, 2.24) is 0 Å². The summed E-state index contributed by atoms with van der Waals surface area (Å²) in [6, 6.07) is 0. The maximum absolute atomic E-state index is 5.08. The summed E-state index contributed by atoms with van der Waals surface area (Å²) in [6.45, 7) is 2.86. The van der Waals surface area contributed by atoms with Crippen LogP contribution in [-0.4, -0.2) is 12.7 Å². The van der Waals surface area contributed by atoms with Crippen LogP contribution in [0.4, 0.5) is 0 Å². The molecule has 0 aliphatic carbocycles. The van der Waals surface area contributed by atoms with E-state index in [0.29, 0.717) is 12.0 Å². The van der Waals surface area contributed by atoms with Crippen molar-refractivity contribution in [2.45, 2.75) is 13.0 Å². The van der Waals surface area contributed by atoms with Crippen molar-refractivity contribution in [1.29, 1.82) is 0 Å². The average molecular weight is 96.1 g/mol. The minimum atomic E-state index is 0.319. The lowest BCUT2D eigenvalue weighted by atomic mass is 10.1. The van der Waals surface area contributed by atoms with E-state index in [4.69, 9.17) is 11.2 Å². The fourth-order valence-electron chi connectivity index (χ4n) is 0.452. The van der Waals surface area contributed by atoms with Crippen LogP contribution in [0.5, 0.6) is 0 Å². The molecular weight excluding hydrogens is 88.1 g/mol. The first kappa shape index (κ1) is 4.67. The van der Waals surface area contributed by atoms with E-state index < -0.39 is 0 Å². The highest BCUT2D eigenvalue weighted by molar-refractivity contribution is 4.98. The molecule has 38 valence electrons. The van der Waals surface area contributed by atoms with Crippen LogP contribution in [0, 0.1) is 18.3 Å². The molecule has 1 fully saturated rings. The highest BCUT2D eigenvalue weighted by Crippen LogP contribution is 2.17. The van der Waals surface area contributed by atoms with Crippen molar-refractivity contribution in [2.75, 3.05) is 6.61 Å². The minimum Gasteiger partial charge on any atom is -0.372 e. The van der Waals surface area contributed by atoms with E-state index >= 15 is 0 Å². The van der Waals surface area contributed by atoms with E-state index in [1.165, 1.54) is 0 Å². The van der Waals surface area contributed by atoms with Gasteiger partial charge >= 0.3 is 0 Å². The van der Waals surface area contributed by atoms with Crippen LogP contribution in [0.2, 0.25) is 0 Å². The molecule has 2 unspecified atom stereocenters. The molecule has 1 heterocycles. The standard InChI is InChI=1S/C6H8O/c1-3-5(2)6-4-7-6/h1,5-6H,4H2,2H3. The normalized spacial score (nSPS) is 31.1. The predicted octanol–water partition coefficient (Wildman–Crippen LogP) is 0.654. The van der Waals surface area contributed by atoms with Crippen molar-refractivity contribution in [3.05, 3.63) is 0 Å². The zero-order valence-electron chi connectivity index (χ0n) is 4.35. The smallest absolute Gasteiger partial charge is 0.0944 e. The molecule has 0 radical (unpaired) electrons. The first-order valence-electron chi connectivity index (χ1n) is 2.42. The molecule has 1 rings (SSSR count). The lowest BCUT2D eigenvalue weighted by molar-refractivity contribution is 0.376. The Bertz CT molecular complexity index is 97.2. The largest absolute Gasteiger partial charge is 0.372 e. The Morgan fingerprint density at radius 3 is 2.71 bits per heavy atom. The molecule has 0 spiro atoms. The van der Waals surface area contributed by atoms with Crippen LogP contribution in [-0.2, 0) is 4.74 Å². The maximum atomic E-state index is 5.08. The summed E-state index contributed by atoms with van der Waals surface area (Å²) in [6.07, 6.45) is 5.46. The van der Waals surface area contributed by atoms with Gasteiger partial charge in [-0.15, -0.1) is 12.3 Å². The third-order valence-corrected chi connectivity index (χ3v) is 1.18. The molecule has 0 saturated carbocycles. The Balaban J connectivity index is 2.27. The van der Waals surface area contributed by atoms with Gasteiger partial charge in [-0.05, 0) is 6.92 Å². The summed E-state index contributed by atoms with van der Waals surface area (Å²) in [5.74, 6) is 2.92. The summed E-state index contributed by atoms with van der Waals surface area (Å²) in [7, 11) is 0. The third kappa shape index (κ3) is 0.942. The summed E-state index contributed by atoms with van der Waals surface area (Å²) in [4.78, 5) is 0. The van der Waals surface area contributed by atoms with E-state index in [1.807, 2.05) is 6.92 Å². The van der Waals surface area contributed by atoms with E-state index in [2.05, 4.69) is 5.92 Å². The summed E-state index contributed by atoms with van der Waals surface area (Å²) in [5, 5.41) is 0. The SMILES string of the molecule is C#CC(C)C1CO1. The van der Waals surface area contributed by atoms with Gasteiger partial charge in [0.2, 0.25) is 0 Å². The Morgan fingerprint density at radius 1 is 2.00 bits per heavy atom. The van der Waals surface area contributed by atoms with E-state index in [1.54, 1.807) is 0 Å². The Labute approximate surface area is 43.7 Å². The molecule has 1 aliphatic rings. The maximum Gasteiger partial charge on any atom is 0.0944 e. The number of terminal acetylenes is 1. The van der Waals surface area contributed by atoms with E-state index in [-0.39, 0.29) is 0 Å². The van der Waals surface area contributed by atoms with Crippen LogP contribution in [0.15, 0.2) is 0 Å². The Morgan fingerprint density at radius 2 is 2.57 bits per heavy atom. The Hall–Kier alpha value is -0.480. The zero-order valence-corrected chi connectivity index (χ0v) is 4.35. The highest BCUT2D eigenvalue weighted by Gasteiger charge is 2.27.